The molecule has 0 saturated heterocycles. The average molecular weight is 483 g/mol. The second-order valence-corrected chi connectivity index (χ2v) is 7.45. The largest absolute Gasteiger partial charge is 0.497 e. The van der Waals surface area contributed by atoms with E-state index in [1.54, 1.807) is 31.4 Å². The number of carbonyl (C=O) groups is 3. The zero-order valence-electron chi connectivity index (χ0n) is 19.1. The minimum atomic E-state index is -3.24. The third-order valence-electron chi connectivity index (χ3n) is 4.86. The molecule has 1 unspecified atom stereocenters. The summed E-state index contributed by atoms with van der Waals surface area (Å²) in [5.41, 5.74) is 0.0751. The maximum Gasteiger partial charge on any atom is 0.268 e. The van der Waals surface area contributed by atoms with Gasteiger partial charge in [-0.25, -0.2) is 14.3 Å². The van der Waals surface area contributed by atoms with E-state index in [-0.39, 0.29) is 5.56 Å². The minimum absolute atomic E-state index is 0.0371. The van der Waals surface area contributed by atoms with Gasteiger partial charge in [0.15, 0.2) is 0 Å². The number of ether oxygens (including phenoxy) is 1. The van der Waals surface area contributed by atoms with Crippen molar-refractivity contribution in [3.8, 4) is 29.4 Å². The Morgan fingerprint density at radius 3 is 1.91 bits per heavy atom. The fourth-order valence-corrected chi connectivity index (χ4v) is 2.98. The number of hydrogen-bond acceptors (Lipinski definition) is 5. The molecule has 4 N–H and O–H groups in total. The van der Waals surface area contributed by atoms with Crippen LogP contribution in [0.4, 0.5) is 8.78 Å². The van der Waals surface area contributed by atoms with Crippen LogP contribution in [0, 0.1) is 23.7 Å². The number of rotatable bonds is 7. The smallest absolute Gasteiger partial charge is 0.268 e. The van der Waals surface area contributed by atoms with Crippen molar-refractivity contribution >= 4 is 17.7 Å². The van der Waals surface area contributed by atoms with Crippen LogP contribution in [0.1, 0.15) is 35.3 Å². The van der Waals surface area contributed by atoms with Crippen molar-refractivity contribution in [3.05, 3.63) is 65.2 Å². The van der Waals surface area contributed by atoms with Crippen LogP contribution in [0.3, 0.4) is 0 Å². The van der Waals surface area contributed by atoms with E-state index in [4.69, 9.17) is 9.94 Å². The summed E-state index contributed by atoms with van der Waals surface area (Å²) in [7, 11) is 1.57. The first kappa shape index (κ1) is 26.8. The van der Waals surface area contributed by atoms with Gasteiger partial charge in [-0.05, 0) is 67.3 Å². The molecule has 0 fully saturated rings. The molecule has 0 aliphatic rings. The van der Waals surface area contributed by atoms with Gasteiger partial charge in [-0.2, -0.15) is 0 Å². The third kappa shape index (κ3) is 7.29. The molecular weight excluding hydrogens is 460 g/mol. The zero-order valence-corrected chi connectivity index (χ0v) is 19.1. The number of amides is 3. The molecule has 35 heavy (non-hydrogen) atoms. The van der Waals surface area contributed by atoms with Crippen LogP contribution in [0.2, 0.25) is 0 Å². The molecular formula is C25H23F2N3O5. The summed E-state index contributed by atoms with van der Waals surface area (Å²) in [5.74, 6) is 8.73. The Labute approximate surface area is 201 Å². The van der Waals surface area contributed by atoms with E-state index < -0.39 is 35.7 Å². The molecule has 0 radical (unpaired) electrons. The Bertz CT molecular complexity index is 1190. The number of benzene rings is 2. The van der Waals surface area contributed by atoms with Crippen molar-refractivity contribution in [1.29, 1.82) is 0 Å². The van der Waals surface area contributed by atoms with E-state index in [0.717, 1.165) is 19.4 Å². The number of nitrogens with one attached hydrogen (secondary N) is 3. The van der Waals surface area contributed by atoms with Gasteiger partial charge >= 0.3 is 0 Å². The Balaban J connectivity index is 2.15. The second-order valence-electron chi connectivity index (χ2n) is 7.45. The first-order valence-electron chi connectivity index (χ1n) is 10.2. The lowest BCUT2D eigenvalue weighted by Crippen LogP contribution is -2.68. The van der Waals surface area contributed by atoms with Crippen LogP contribution >= 0.6 is 0 Å². The SMILES string of the molecule is COc1ccc(C#CC#Cc2ccc(C(=O)N[C@H](C(=O)NO)C(C)(NC(C)=O)C(F)F)cc2)cc1. The summed E-state index contributed by atoms with van der Waals surface area (Å²) >= 11 is 0. The van der Waals surface area contributed by atoms with Gasteiger partial charge < -0.3 is 15.4 Å². The first-order chi connectivity index (χ1) is 16.6. The van der Waals surface area contributed by atoms with Gasteiger partial charge in [0.2, 0.25) is 5.91 Å². The Hall–Kier alpha value is -4.41. The van der Waals surface area contributed by atoms with Crippen LogP contribution in [0.25, 0.3) is 0 Å². The summed E-state index contributed by atoms with van der Waals surface area (Å²) in [6.07, 6.45) is -3.24. The van der Waals surface area contributed by atoms with Gasteiger partial charge in [-0.3, -0.25) is 19.6 Å². The zero-order chi connectivity index (χ0) is 26.0. The van der Waals surface area contributed by atoms with E-state index in [1.807, 2.05) is 5.32 Å². The molecule has 0 bridgehead atoms. The fourth-order valence-electron chi connectivity index (χ4n) is 2.98. The predicted octanol–water partition coefficient (Wildman–Crippen LogP) is 1.86. The molecule has 2 aromatic rings. The van der Waals surface area contributed by atoms with Gasteiger partial charge in [-0.1, -0.05) is 11.8 Å². The monoisotopic (exact) mass is 483 g/mol. The highest BCUT2D eigenvalue weighted by molar-refractivity contribution is 5.98. The second kappa shape index (κ2) is 12.2. The molecule has 182 valence electrons. The highest BCUT2D eigenvalue weighted by Gasteiger charge is 2.48. The molecule has 0 saturated carbocycles. The third-order valence-corrected chi connectivity index (χ3v) is 4.86. The molecule has 2 aromatic carbocycles. The van der Waals surface area contributed by atoms with Crippen molar-refractivity contribution in [1.82, 2.24) is 16.1 Å². The van der Waals surface area contributed by atoms with Gasteiger partial charge in [-0.15, -0.1) is 0 Å². The Kier molecular flexibility index (Phi) is 9.33. The average Bonchev–Trinajstić information content (AvgIpc) is 2.84. The minimum Gasteiger partial charge on any atom is -0.497 e. The molecule has 2 rings (SSSR count). The van der Waals surface area contributed by atoms with Crippen molar-refractivity contribution < 1.29 is 33.1 Å². The number of methoxy groups -OCH3 is 1. The number of alkyl halides is 2. The summed E-state index contributed by atoms with van der Waals surface area (Å²) in [6.45, 7) is 1.86. The maximum absolute atomic E-state index is 13.7. The van der Waals surface area contributed by atoms with E-state index in [1.165, 1.54) is 29.7 Å². The van der Waals surface area contributed by atoms with Crippen molar-refractivity contribution in [2.45, 2.75) is 31.9 Å². The number of carbonyl (C=O) groups excluding carboxylic acids is 3. The molecule has 0 aromatic heterocycles. The maximum atomic E-state index is 13.7. The van der Waals surface area contributed by atoms with E-state index in [0.29, 0.717) is 11.3 Å². The Morgan fingerprint density at radius 2 is 1.49 bits per heavy atom. The predicted molar refractivity (Wildman–Crippen MR) is 123 cm³/mol. The lowest BCUT2D eigenvalue weighted by atomic mass is 9.91. The number of hydrogen-bond donors (Lipinski definition) is 4. The summed E-state index contributed by atoms with van der Waals surface area (Å²) < 4.78 is 32.5. The summed E-state index contributed by atoms with van der Waals surface area (Å²) in [4.78, 5) is 36.1. The van der Waals surface area contributed by atoms with Crippen LogP contribution in [0.15, 0.2) is 48.5 Å². The van der Waals surface area contributed by atoms with Crippen molar-refractivity contribution in [2.75, 3.05) is 7.11 Å². The quantitative estimate of drug-likeness (QED) is 0.273. The molecule has 0 heterocycles. The lowest BCUT2D eigenvalue weighted by molar-refractivity contribution is -0.137. The first-order valence-corrected chi connectivity index (χ1v) is 10.2. The molecule has 0 spiro atoms. The number of halogens is 2. The topological polar surface area (TPSA) is 117 Å². The highest BCUT2D eigenvalue weighted by atomic mass is 19.3. The van der Waals surface area contributed by atoms with Gasteiger partial charge in [0.1, 0.15) is 17.3 Å². The van der Waals surface area contributed by atoms with Gasteiger partial charge in [0.05, 0.1) is 7.11 Å². The number of hydroxylamine groups is 1. The van der Waals surface area contributed by atoms with E-state index in [9.17, 15) is 23.2 Å². The molecule has 3 amide bonds. The van der Waals surface area contributed by atoms with Crippen LogP contribution in [-0.4, -0.2) is 48.0 Å². The molecule has 10 heteroatoms. The normalized spacial score (nSPS) is 12.5. The van der Waals surface area contributed by atoms with Crippen LogP contribution in [0.5, 0.6) is 5.75 Å². The van der Waals surface area contributed by atoms with E-state index >= 15 is 0 Å². The van der Waals surface area contributed by atoms with Gasteiger partial charge in [0, 0.05) is 23.6 Å². The standard InChI is InChI=1S/C25H23F2N3O5/c1-16(31)29-25(2,24(26)27)21(23(33)30-34)28-22(32)19-12-8-17(9-13-19)6-4-5-7-18-10-14-20(35-3)15-11-18/h8-15,21,24,34H,1-3H3,(H,28,32)(H,29,31)(H,30,33)/t21-,25?/m1/s1. The molecule has 8 nitrogen and oxygen atoms in total. The van der Waals surface area contributed by atoms with E-state index in [2.05, 4.69) is 29.0 Å². The summed E-state index contributed by atoms with van der Waals surface area (Å²) in [5, 5.41) is 13.1. The van der Waals surface area contributed by atoms with Crippen molar-refractivity contribution in [3.63, 3.8) is 0 Å². The van der Waals surface area contributed by atoms with Crippen molar-refractivity contribution in [2.24, 2.45) is 0 Å². The fraction of sp³-hybridized carbons (Fsp3) is 0.240. The lowest BCUT2D eigenvalue weighted by Gasteiger charge is -2.36. The molecule has 0 aliphatic heterocycles. The molecule has 2 atom stereocenters. The van der Waals surface area contributed by atoms with Crippen LogP contribution < -0.4 is 20.9 Å². The Morgan fingerprint density at radius 1 is 0.971 bits per heavy atom. The van der Waals surface area contributed by atoms with Crippen LogP contribution in [-0.2, 0) is 9.59 Å². The highest BCUT2D eigenvalue weighted by Crippen LogP contribution is 2.21. The summed E-state index contributed by atoms with van der Waals surface area (Å²) in [6, 6.07) is 10.9. The van der Waals surface area contributed by atoms with Gasteiger partial charge in [0.25, 0.3) is 18.2 Å². The molecule has 0 aliphatic carbocycles.